The van der Waals surface area contributed by atoms with E-state index in [-0.39, 0.29) is 21.7 Å². The quantitative estimate of drug-likeness (QED) is 0.307. The summed E-state index contributed by atoms with van der Waals surface area (Å²) in [5.74, 6) is 4.06. The van der Waals surface area contributed by atoms with E-state index in [0.29, 0.717) is 17.8 Å². The van der Waals surface area contributed by atoms with Crippen molar-refractivity contribution in [1.82, 2.24) is 0 Å². The van der Waals surface area contributed by atoms with Crippen molar-refractivity contribution in [2.24, 2.45) is 40.4 Å². The van der Waals surface area contributed by atoms with Gasteiger partial charge in [0, 0.05) is 11.3 Å². The fraction of sp³-hybridized carbons (Fsp3) is 0.600. The van der Waals surface area contributed by atoms with Gasteiger partial charge in [-0.25, -0.2) is 0 Å². The van der Waals surface area contributed by atoms with Crippen LogP contribution >= 0.6 is 0 Å². The largest absolute Gasteiger partial charge is 0.0851 e. The summed E-state index contributed by atoms with van der Waals surface area (Å²) < 4.78 is 0. The second-order valence-corrected chi connectivity index (χ2v) is 19.4. The molecule has 2 aromatic carbocycles. The van der Waals surface area contributed by atoms with Crippen LogP contribution in [0.3, 0.4) is 0 Å². The molecule has 0 saturated heterocycles. The fourth-order valence-electron chi connectivity index (χ4n) is 11.1. The Morgan fingerprint density at radius 2 is 1.27 bits per heavy atom. The molecular weight excluding hydrogens is 540 g/mol. The van der Waals surface area contributed by atoms with Crippen LogP contribution in [0.4, 0.5) is 0 Å². The SMILES string of the molecule is Cc1cc2c(cc1C(C)(C)C)-c1cc(C(C)(C)C)c(C)cc1C2C1(C(C)C)CC(C2CC3C=CC2C3)C2=C1C=C(C(C)(C)C)C2. The Labute approximate surface area is 275 Å². The van der Waals surface area contributed by atoms with Gasteiger partial charge in [-0.1, -0.05) is 130 Å². The van der Waals surface area contributed by atoms with Gasteiger partial charge in [0.15, 0.2) is 0 Å². The van der Waals surface area contributed by atoms with Gasteiger partial charge in [0.25, 0.3) is 0 Å². The Morgan fingerprint density at radius 1 is 0.711 bits per heavy atom. The van der Waals surface area contributed by atoms with Crippen LogP contribution < -0.4 is 0 Å². The smallest absolute Gasteiger partial charge is 0.0201 e. The minimum Gasteiger partial charge on any atom is -0.0851 e. The summed E-state index contributed by atoms with van der Waals surface area (Å²) in [5, 5.41) is 0. The van der Waals surface area contributed by atoms with Crippen LogP contribution in [0.15, 0.2) is 59.2 Å². The molecule has 0 nitrogen and oxygen atoms in total. The third-order valence-electron chi connectivity index (χ3n) is 13.2. The lowest BCUT2D eigenvalue weighted by Crippen LogP contribution is -2.36. The molecular formula is C45H60. The molecule has 5 atom stereocenters. The van der Waals surface area contributed by atoms with Gasteiger partial charge in [0.2, 0.25) is 0 Å². The molecule has 5 aliphatic carbocycles. The van der Waals surface area contributed by atoms with Gasteiger partial charge in [-0.15, -0.1) is 0 Å². The van der Waals surface area contributed by atoms with Crippen molar-refractivity contribution < 1.29 is 0 Å². The highest BCUT2D eigenvalue weighted by Crippen LogP contribution is 2.70. The Kier molecular flexibility index (Phi) is 6.84. The molecule has 2 aromatic rings. The summed E-state index contributed by atoms with van der Waals surface area (Å²) in [4.78, 5) is 0. The number of aryl methyl sites for hydroxylation is 2. The third kappa shape index (κ3) is 4.58. The minimum atomic E-state index is 0.101. The first-order valence-corrected chi connectivity index (χ1v) is 18.3. The zero-order valence-electron chi connectivity index (χ0n) is 30.8. The summed E-state index contributed by atoms with van der Waals surface area (Å²) in [5.41, 5.74) is 17.9. The summed E-state index contributed by atoms with van der Waals surface area (Å²) >= 11 is 0. The number of rotatable bonds is 3. The second-order valence-electron chi connectivity index (χ2n) is 19.4. The van der Waals surface area contributed by atoms with Crippen LogP contribution in [0.25, 0.3) is 11.1 Å². The molecule has 1 saturated carbocycles. The van der Waals surface area contributed by atoms with Crippen LogP contribution in [0, 0.1) is 54.3 Å². The van der Waals surface area contributed by atoms with Crippen LogP contribution in [-0.4, -0.2) is 0 Å². The maximum absolute atomic E-state index is 2.75. The summed E-state index contributed by atoms with van der Waals surface area (Å²) in [7, 11) is 0. The molecule has 5 aliphatic rings. The summed E-state index contributed by atoms with van der Waals surface area (Å²) in [6.07, 6.45) is 13.2. The normalized spacial score (nSPS) is 29.2. The van der Waals surface area contributed by atoms with Gasteiger partial charge in [-0.2, -0.15) is 0 Å². The highest BCUT2D eigenvalue weighted by Gasteiger charge is 2.59. The van der Waals surface area contributed by atoms with E-state index in [4.69, 9.17) is 0 Å². The molecule has 0 heterocycles. The Balaban J connectivity index is 1.50. The molecule has 0 spiro atoms. The molecule has 0 aromatic heterocycles. The number of benzene rings is 2. The van der Waals surface area contributed by atoms with Crippen LogP contribution in [-0.2, 0) is 10.8 Å². The highest BCUT2D eigenvalue weighted by atomic mass is 14.6. The average molecular weight is 601 g/mol. The summed E-state index contributed by atoms with van der Waals surface area (Å²) in [6, 6.07) is 10.5. The van der Waals surface area contributed by atoms with Gasteiger partial charge in [0.05, 0.1) is 0 Å². The van der Waals surface area contributed by atoms with Crippen molar-refractivity contribution in [3.8, 4) is 11.1 Å². The molecule has 0 amide bonds. The lowest BCUT2D eigenvalue weighted by Gasteiger charge is -2.44. The molecule has 0 N–H and O–H groups in total. The van der Waals surface area contributed by atoms with E-state index in [0.717, 1.165) is 17.8 Å². The predicted molar refractivity (Wildman–Crippen MR) is 194 cm³/mol. The van der Waals surface area contributed by atoms with Crippen LogP contribution in [0.5, 0.6) is 0 Å². The van der Waals surface area contributed by atoms with Crippen molar-refractivity contribution in [2.75, 3.05) is 0 Å². The van der Waals surface area contributed by atoms with Gasteiger partial charge < -0.3 is 0 Å². The molecule has 5 unspecified atom stereocenters. The standard InChI is InChI=1S/C45H60/c1-25(2)45(24-37(31-19-28-14-15-29(31)18-28)34-20-30(21-40(34)45)42(5,6)7)41-35-16-26(3)38(43(8,9)10)22-32(35)33-23-39(44(11,12)13)27(4)17-36(33)41/h14-17,21-23,25,28-29,31,37,41H,18-20,24H2,1-13H3. The Hall–Kier alpha value is -2.34. The molecule has 1 fully saturated rings. The van der Waals surface area contributed by atoms with Crippen molar-refractivity contribution in [2.45, 2.75) is 132 Å². The number of allylic oxidation sites excluding steroid dienone is 6. The molecule has 240 valence electrons. The minimum absolute atomic E-state index is 0.101. The number of fused-ring (bicyclic) bond motifs is 5. The van der Waals surface area contributed by atoms with Gasteiger partial charge in [-0.05, 0) is 135 Å². The van der Waals surface area contributed by atoms with Crippen LogP contribution in [0.2, 0.25) is 0 Å². The lowest BCUT2D eigenvalue weighted by atomic mass is 9.58. The van der Waals surface area contributed by atoms with E-state index in [9.17, 15) is 0 Å². The molecule has 7 rings (SSSR count). The van der Waals surface area contributed by atoms with Crippen molar-refractivity contribution in [3.63, 3.8) is 0 Å². The Bertz CT molecular complexity index is 1590. The molecule has 0 radical (unpaired) electrons. The number of hydrogen-bond acceptors (Lipinski definition) is 0. The van der Waals surface area contributed by atoms with E-state index in [1.807, 2.05) is 5.57 Å². The van der Waals surface area contributed by atoms with E-state index in [2.05, 4.69) is 133 Å². The van der Waals surface area contributed by atoms with Gasteiger partial charge in [-0.3, -0.25) is 0 Å². The first kappa shape index (κ1) is 31.3. The van der Waals surface area contributed by atoms with Gasteiger partial charge in [0.1, 0.15) is 0 Å². The average Bonchev–Trinajstić information content (AvgIpc) is 3.71. The van der Waals surface area contributed by atoms with Crippen molar-refractivity contribution in [1.29, 1.82) is 0 Å². The maximum atomic E-state index is 2.75. The van der Waals surface area contributed by atoms with Gasteiger partial charge >= 0.3 is 0 Å². The first-order chi connectivity index (χ1) is 20.8. The van der Waals surface area contributed by atoms with Crippen molar-refractivity contribution in [3.05, 3.63) is 92.6 Å². The predicted octanol–water partition coefficient (Wildman–Crippen LogP) is 12.6. The molecule has 0 aliphatic heterocycles. The van der Waals surface area contributed by atoms with E-state index in [1.54, 1.807) is 22.3 Å². The first-order valence-electron chi connectivity index (χ1n) is 18.3. The highest BCUT2D eigenvalue weighted by molar-refractivity contribution is 5.83. The van der Waals surface area contributed by atoms with E-state index < -0.39 is 0 Å². The zero-order valence-corrected chi connectivity index (χ0v) is 30.8. The van der Waals surface area contributed by atoms with E-state index >= 15 is 0 Å². The van der Waals surface area contributed by atoms with Crippen LogP contribution in [0.1, 0.15) is 141 Å². The molecule has 2 bridgehead atoms. The zero-order chi connectivity index (χ0) is 32.6. The fourth-order valence-corrected chi connectivity index (χ4v) is 11.1. The third-order valence-corrected chi connectivity index (χ3v) is 13.2. The maximum Gasteiger partial charge on any atom is 0.0201 e. The van der Waals surface area contributed by atoms with E-state index in [1.165, 1.54) is 59.1 Å². The summed E-state index contributed by atoms with van der Waals surface area (Å²) in [6.45, 7) is 31.6. The Morgan fingerprint density at radius 3 is 1.69 bits per heavy atom. The second kappa shape index (κ2) is 9.84. The lowest BCUT2D eigenvalue weighted by molar-refractivity contribution is 0.169. The number of hydrogen-bond donors (Lipinski definition) is 0. The van der Waals surface area contributed by atoms with Crippen molar-refractivity contribution >= 4 is 0 Å². The monoisotopic (exact) mass is 600 g/mol. The topological polar surface area (TPSA) is 0 Å². The molecule has 0 heteroatoms. The molecule has 45 heavy (non-hydrogen) atoms.